The summed E-state index contributed by atoms with van der Waals surface area (Å²) in [6.45, 7) is 1.68. The number of methoxy groups -OCH3 is 1. The van der Waals surface area contributed by atoms with Crippen molar-refractivity contribution in [3.63, 3.8) is 0 Å². The van der Waals surface area contributed by atoms with Crippen molar-refractivity contribution in [2.75, 3.05) is 26.1 Å². The summed E-state index contributed by atoms with van der Waals surface area (Å²) in [4.78, 5) is 1.09. The molecule has 0 bridgehead atoms. The topological polar surface area (TPSA) is 44.5 Å². The van der Waals surface area contributed by atoms with Gasteiger partial charge >= 0.3 is 0 Å². The van der Waals surface area contributed by atoms with Gasteiger partial charge in [0, 0.05) is 22.4 Å². The number of anilines is 1. The van der Waals surface area contributed by atoms with Gasteiger partial charge in [0.05, 0.1) is 13.7 Å². The first-order chi connectivity index (χ1) is 7.29. The van der Waals surface area contributed by atoms with Gasteiger partial charge in [-0.15, -0.1) is 11.8 Å². The van der Waals surface area contributed by atoms with Crippen molar-refractivity contribution in [2.45, 2.75) is 16.6 Å². The van der Waals surface area contributed by atoms with Crippen molar-refractivity contribution >= 4 is 17.4 Å². The summed E-state index contributed by atoms with van der Waals surface area (Å²) in [5, 5.41) is 0.527. The number of benzene rings is 1. The quantitative estimate of drug-likeness (QED) is 0.801. The van der Waals surface area contributed by atoms with Crippen LogP contribution in [0.5, 0.6) is 5.75 Å². The predicted octanol–water partition coefficient (Wildman–Crippen LogP) is 2.16. The third-order valence-corrected chi connectivity index (χ3v) is 3.71. The van der Waals surface area contributed by atoms with E-state index in [1.807, 2.05) is 18.2 Å². The summed E-state index contributed by atoms with van der Waals surface area (Å²) in [7, 11) is 1.67. The van der Waals surface area contributed by atoms with Crippen LogP contribution in [0.2, 0.25) is 0 Å². The molecule has 4 heteroatoms. The van der Waals surface area contributed by atoms with Crippen molar-refractivity contribution in [1.82, 2.24) is 0 Å². The van der Waals surface area contributed by atoms with E-state index < -0.39 is 0 Å². The van der Waals surface area contributed by atoms with Gasteiger partial charge in [-0.2, -0.15) is 0 Å². The lowest BCUT2D eigenvalue weighted by Crippen LogP contribution is -2.01. The van der Waals surface area contributed by atoms with Gasteiger partial charge in [0.15, 0.2) is 0 Å². The SMILES string of the molecule is COc1ccc(N)c(SC2CCOC2)c1. The summed E-state index contributed by atoms with van der Waals surface area (Å²) in [5.41, 5.74) is 6.72. The second kappa shape index (κ2) is 4.77. The van der Waals surface area contributed by atoms with Crippen LogP contribution in [0.15, 0.2) is 23.1 Å². The first kappa shape index (κ1) is 10.6. The average molecular weight is 225 g/mol. The number of nitrogens with two attached hydrogens (primary N) is 1. The first-order valence-electron chi connectivity index (χ1n) is 4.97. The molecule has 1 unspecified atom stereocenters. The smallest absolute Gasteiger partial charge is 0.120 e. The lowest BCUT2D eigenvalue weighted by molar-refractivity contribution is 0.199. The molecule has 0 amide bonds. The van der Waals surface area contributed by atoms with Crippen LogP contribution in [-0.4, -0.2) is 25.6 Å². The van der Waals surface area contributed by atoms with Crippen LogP contribution in [0, 0.1) is 0 Å². The Morgan fingerprint density at radius 3 is 3.07 bits per heavy atom. The molecule has 1 aromatic carbocycles. The fourth-order valence-electron chi connectivity index (χ4n) is 1.53. The molecule has 0 radical (unpaired) electrons. The van der Waals surface area contributed by atoms with Gasteiger partial charge in [-0.05, 0) is 24.6 Å². The number of nitrogen functional groups attached to an aromatic ring is 1. The zero-order valence-electron chi connectivity index (χ0n) is 8.73. The lowest BCUT2D eigenvalue weighted by atomic mass is 10.3. The van der Waals surface area contributed by atoms with Crippen LogP contribution in [0.25, 0.3) is 0 Å². The van der Waals surface area contributed by atoms with Crippen LogP contribution in [0.1, 0.15) is 6.42 Å². The number of ether oxygens (including phenoxy) is 2. The molecule has 1 aromatic rings. The zero-order chi connectivity index (χ0) is 10.7. The van der Waals surface area contributed by atoms with E-state index in [1.165, 1.54) is 0 Å². The second-order valence-corrected chi connectivity index (χ2v) is 4.85. The Hall–Kier alpha value is -0.870. The molecule has 1 aliphatic rings. The predicted molar refractivity (Wildman–Crippen MR) is 62.5 cm³/mol. The molecule has 1 atom stereocenters. The number of hydrogen-bond donors (Lipinski definition) is 1. The van der Waals surface area contributed by atoms with Crippen molar-refractivity contribution in [2.24, 2.45) is 0 Å². The summed E-state index contributed by atoms with van der Waals surface area (Å²) < 4.78 is 10.5. The molecular weight excluding hydrogens is 210 g/mol. The second-order valence-electron chi connectivity index (χ2n) is 3.51. The molecule has 0 spiro atoms. The van der Waals surface area contributed by atoms with Gasteiger partial charge in [0.25, 0.3) is 0 Å². The number of rotatable bonds is 3. The minimum absolute atomic E-state index is 0.527. The Kier molecular flexibility index (Phi) is 3.38. The van der Waals surface area contributed by atoms with E-state index in [0.29, 0.717) is 5.25 Å². The lowest BCUT2D eigenvalue weighted by Gasteiger charge is -2.11. The molecule has 1 aliphatic heterocycles. The van der Waals surface area contributed by atoms with Gasteiger partial charge in [-0.3, -0.25) is 0 Å². The number of thioether (sulfide) groups is 1. The van der Waals surface area contributed by atoms with E-state index in [0.717, 1.165) is 36.0 Å². The van der Waals surface area contributed by atoms with Crippen molar-refractivity contribution in [3.05, 3.63) is 18.2 Å². The minimum Gasteiger partial charge on any atom is -0.497 e. The van der Waals surface area contributed by atoms with Crippen molar-refractivity contribution in [1.29, 1.82) is 0 Å². The number of hydrogen-bond acceptors (Lipinski definition) is 4. The summed E-state index contributed by atoms with van der Waals surface area (Å²) >= 11 is 1.78. The van der Waals surface area contributed by atoms with Crippen LogP contribution in [0.4, 0.5) is 5.69 Å². The third kappa shape index (κ3) is 2.58. The molecule has 1 fully saturated rings. The Morgan fingerprint density at radius 2 is 2.40 bits per heavy atom. The van der Waals surface area contributed by atoms with Crippen LogP contribution < -0.4 is 10.5 Å². The molecule has 1 heterocycles. The Balaban J connectivity index is 2.11. The maximum absolute atomic E-state index is 5.91. The van der Waals surface area contributed by atoms with E-state index in [-0.39, 0.29) is 0 Å². The summed E-state index contributed by atoms with van der Waals surface area (Å²) in [6.07, 6.45) is 1.10. The molecule has 0 aromatic heterocycles. The highest BCUT2D eigenvalue weighted by atomic mass is 32.2. The zero-order valence-corrected chi connectivity index (χ0v) is 9.55. The normalized spacial score (nSPS) is 20.5. The van der Waals surface area contributed by atoms with Gasteiger partial charge in [0.1, 0.15) is 5.75 Å². The fourth-order valence-corrected chi connectivity index (χ4v) is 2.65. The maximum Gasteiger partial charge on any atom is 0.120 e. The van der Waals surface area contributed by atoms with E-state index in [2.05, 4.69) is 0 Å². The molecule has 2 rings (SSSR count). The van der Waals surface area contributed by atoms with E-state index in [1.54, 1.807) is 18.9 Å². The standard InChI is InChI=1S/C11H15NO2S/c1-13-8-2-3-10(12)11(6-8)15-9-4-5-14-7-9/h2-3,6,9H,4-5,7,12H2,1H3. The molecule has 82 valence electrons. The third-order valence-electron chi connectivity index (χ3n) is 2.40. The largest absolute Gasteiger partial charge is 0.497 e. The minimum atomic E-state index is 0.527. The van der Waals surface area contributed by atoms with Gasteiger partial charge in [-0.1, -0.05) is 0 Å². The van der Waals surface area contributed by atoms with Gasteiger partial charge in [-0.25, -0.2) is 0 Å². The van der Waals surface area contributed by atoms with Crippen molar-refractivity contribution in [3.8, 4) is 5.75 Å². The monoisotopic (exact) mass is 225 g/mol. The van der Waals surface area contributed by atoms with Gasteiger partial charge < -0.3 is 15.2 Å². The molecule has 2 N–H and O–H groups in total. The van der Waals surface area contributed by atoms with E-state index in [4.69, 9.17) is 15.2 Å². The average Bonchev–Trinajstić information content (AvgIpc) is 2.74. The molecule has 15 heavy (non-hydrogen) atoms. The Bertz CT molecular complexity index is 337. The first-order valence-corrected chi connectivity index (χ1v) is 5.85. The maximum atomic E-state index is 5.91. The molecule has 1 saturated heterocycles. The van der Waals surface area contributed by atoms with Crippen LogP contribution in [-0.2, 0) is 4.74 Å². The van der Waals surface area contributed by atoms with Gasteiger partial charge in [0.2, 0.25) is 0 Å². The summed E-state index contributed by atoms with van der Waals surface area (Å²) in [6, 6.07) is 5.75. The highest BCUT2D eigenvalue weighted by molar-refractivity contribution is 8.00. The molecular formula is C11H15NO2S. The van der Waals surface area contributed by atoms with Crippen LogP contribution >= 0.6 is 11.8 Å². The van der Waals surface area contributed by atoms with Crippen molar-refractivity contribution < 1.29 is 9.47 Å². The fraction of sp³-hybridized carbons (Fsp3) is 0.455. The molecule has 3 nitrogen and oxygen atoms in total. The van der Waals surface area contributed by atoms with E-state index >= 15 is 0 Å². The summed E-state index contributed by atoms with van der Waals surface area (Å²) in [5.74, 6) is 0.852. The molecule has 0 aliphatic carbocycles. The Morgan fingerprint density at radius 1 is 1.53 bits per heavy atom. The molecule has 0 saturated carbocycles. The highest BCUT2D eigenvalue weighted by Gasteiger charge is 2.18. The highest BCUT2D eigenvalue weighted by Crippen LogP contribution is 2.34. The van der Waals surface area contributed by atoms with Crippen LogP contribution in [0.3, 0.4) is 0 Å². The van der Waals surface area contributed by atoms with E-state index in [9.17, 15) is 0 Å². The Labute approximate surface area is 93.9 Å².